The van der Waals surface area contributed by atoms with E-state index in [-0.39, 0.29) is 16.7 Å². The van der Waals surface area contributed by atoms with E-state index in [0.29, 0.717) is 12.2 Å². The van der Waals surface area contributed by atoms with Crippen LogP contribution in [0.5, 0.6) is 0 Å². The molecule has 0 spiro atoms. The third-order valence-corrected chi connectivity index (χ3v) is 6.73. The molecule has 1 aliphatic heterocycles. The lowest BCUT2D eigenvalue weighted by Crippen LogP contribution is -2.40. The first-order chi connectivity index (χ1) is 14.1. The summed E-state index contributed by atoms with van der Waals surface area (Å²) in [6.07, 6.45) is 1.80. The van der Waals surface area contributed by atoms with Gasteiger partial charge in [0.2, 0.25) is 15.9 Å². The van der Waals surface area contributed by atoms with Gasteiger partial charge in [-0.15, -0.1) is 0 Å². The van der Waals surface area contributed by atoms with Crippen LogP contribution in [0.1, 0.15) is 39.2 Å². The fraction of sp³-hybridized carbons (Fsp3) is 0.435. The fourth-order valence-electron chi connectivity index (χ4n) is 3.70. The molecule has 1 heterocycles. The number of piperidine rings is 1. The third-order valence-electron chi connectivity index (χ3n) is 4.98. The van der Waals surface area contributed by atoms with E-state index in [1.807, 2.05) is 18.2 Å². The van der Waals surface area contributed by atoms with Gasteiger partial charge in [0, 0.05) is 24.3 Å². The van der Waals surface area contributed by atoms with E-state index in [2.05, 4.69) is 27.1 Å². The zero-order valence-corrected chi connectivity index (χ0v) is 18.7. The number of likely N-dealkylation sites (tertiary alicyclic amines) is 1. The molecule has 30 heavy (non-hydrogen) atoms. The van der Waals surface area contributed by atoms with Gasteiger partial charge >= 0.3 is 0 Å². The van der Waals surface area contributed by atoms with Crippen molar-refractivity contribution >= 4 is 21.6 Å². The molecule has 162 valence electrons. The average Bonchev–Trinajstić information content (AvgIpc) is 2.67. The standard InChI is InChI=1S/C23H31N3O3S/c1-23(2,3)25-30(28,29)21-13-7-12-20(15-21)24-22(27)19-11-8-14-26(17-19)16-18-9-5-4-6-10-18/h4-7,9-10,12-13,15,19,25H,8,11,14,16-17H2,1-3H3,(H,24,27). The lowest BCUT2D eigenvalue weighted by molar-refractivity contribution is -0.121. The maximum Gasteiger partial charge on any atom is 0.241 e. The van der Waals surface area contributed by atoms with Crippen molar-refractivity contribution in [2.24, 2.45) is 5.92 Å². The van der Waals surface area contributed by atoms with E-state index in [9.17, 15) is 13.2 Å². The zero-order chi connectivity index (χ0) is 21.8. The molecule has 2 aromatic rings. The van der Waals surface area contributed by atoms with Gasteiger partial charge in [-0.1, -0.05) is 36.4 Å². The second-order valence-electron chi connectivity index (χ2n) is 8.93. The highest BCUT2D eigenvalue weighted by molar-refractivity contribution is 7.89. The summed E-state index contributed by atoms with van der Waals surface area (Å²) >= 11 is 0. The van der Waals surface area contributed by atoms with Gasteiger partial charge in [-0.05, 0) is 63.9 Å². The summed E-state index contributed by atoms with van der Waals surface area (Å²) in [5.74, 6) is -0.179. The number of hydrogen-bond acceptors (Lipinski definition) is 4. The molecule has 0 radical (unpaired) electrons. The van der Waals surface area contributed by atoms with Gasteiger partial charge in [-0.2, -0.15) is 0 Å². The SMILES string of the molecule is CC(C)(C)NS(=O)(=O)c1cccc(NC(=O)C2CCCN(Cc3ccccc3)C2)c1. The summed E-state index contributed by atoms with van der Waals surface area (Å²) in [6, 6.07) is 16.7. The Morgan fingerprint density at radius 3 is 2.53 bits per heavy atom. The summed E-state index contributed by atoms with van der Waals surface area (Å²) in [5.41, 5.74) is 1.15. The Kier molecular flexibility index (Phi) is 6.95. The number of sulfonamides is 1. The molecular weight excluding hydrogens is 398 g/mol. The molecule has 1 saturated heterocycles. The van der Waals surface area contributed by atoms with E-state index >= 15 is 0 Å². The Morgan fingerprint density at radius 2 is 1.83 bits per heavy atom. The predicted molar refractivity (Wildman–Crippen MR) is 120 cm³/mol. The molecule has 2 N–H and O–H groups in total. The molecule has 6 nitrogen and oxygen atoms in total. The molecule has 1 unspecified atom stereocenters. The van der Waals surface area contributed by atoms with Gasteiger partial charge in [0.1, 0.15) is 0 Å². The molecule has 1 fully saturated rings. The van der Waals surface area contributed by atoms with Crippen molar-refractivity contribution < 1.29 is 13.2 Å². The maximum absolute atomic E-state index is 12.9. The normalized spacial score (nSPS) is 18.2. The first kappa shape index (κ1) is 22.5. The van der Waals surface area contributed by atoms with Crippen molar-refractivity contribution in [3.63, 3.8) is 0 Å². The minimum Gasteiger partial charge on any atom is -0.326 e. The number of nitrogens with one attached hydrogen (secondary N) is 2. The number of carbonyl (C=O) groups is 1. The number of nitrogens with zero attached hydrogens (tertiary/aromatic N) is 1. The Balaban J connectivity index is 1.64. The summed E-state index contributed by atoms with van der Waals surface area (Å²) in [5, 5.41) is 2.91. The Labute approximate surface area is 179 Å². The minimum absolute atomic E-state index is 0.0638. The molecule has 0 bridgehead atoms. The molecule has 1 amide bonds. The number of rotatable bonds is 6. The Hall–Kier alpha value is -2.22. The second-order valence-corrected chi connectivity index (χ2v) is 10.6. The van der Waals surface area contributed by atoms with Crippen LogP contribution in [0.3, 0.4) is 0 Å². The van der Waals surface area contributed by atoms with Crippen molar-refractivity contribution in [1.82, 2.24) is 9.62 Å². The van der Waals surface area contributed by atoms with Crippen molar-refractivity contribution in [1.29, 1.82) is 0 Å². The summed E-state index contributed by atoms with van der Waals surface area (Å²) in [6.45, 7) is 7.88. The largest absolute Gasteiger partial charge is 0.326 e. The smallest absolute Gasteiger partial charge is 0.241 e. The molecule has 0 aliphatic carbocycles. The van der Waals surface area contributed by atoms with Crippen LogP contribution in [0, 0.1) is 5.92 Å². The van der Waals surface area contributed by atoms with E-state index in [1.165, 1.54) is 17.7 Å². The van der Waals surface area contributed by atoms with Crippen LogP contribution < -0.4 is 10.0 Å². The lowest BCUT2D eigenvalue weighted by Gasteiger charge is -2.32. The molecule has 3 rings (SSSR count). The Morgan fingerprint density at radius 1 is 1.10 bits per heavy atom. The number of amides is 1. The highest BCUT2D eigenvalue weighted by atomic mass is 32.2. The van der Waals surface area contributed by atoms with Gasteiger partial charge in [-0.3, -0.25) is 9.69 Å². The minimum atomic E-state index is -3.65. The van der Waals surface area contributed by atoms with Crippen molar-refractivity contribution in [2.45, 2.75) is 50.6 Å². The first-order valence-electron chi connectivity index (χ1n) is 10.3. The van der Waals surface area contributed by atoms with E-state index in [4.69, 9.17) is 0 Å². The average molecular weight is 430 g/mol. The topological polar surface area (TPSA) is 78.5 Å². The molecular formula is C23H31N3O3S. The van der Waals surface area contributed by atoms with Crippen molar-refractivity contribution in [3.8, 4) is 0 Å². The van der Waals surface area contributed by atoms with Crippen LogP contribution in [0.15, 0.2) is 59.5 Å². The van der Waals surface area contributed by atoms with Gasteiger partial charge in [0.05, 0.1) is 10.8 Å². The van der Waals surface area contributed by atoms with Gasteiger partial charge in [0.25, 0.3) is 0 Å². The van der Waals surface area contributed by atoms with E-state index < -0.39 is 15.6 Å². The summed E-state index contributed by atoms with van der Waals surface area (Å²) < 4.78 is 27.8. The molecule has 7 heteroatoms. The second kappa shape index (κ2) is 9.29. The predicted octanol–water partition coefficient (Wildman–Crippen LogP) is 3.61. The molecule has 2 aromatic carbocycles. The van der Waals surface area contributed by atoms with Crippen LogP contribution in [-0.4, -0.2) is 37.9 Å². The summed E-state index contributed by atoms with van der Waals surface area (Å²) in [7, 11) is -3.65. The highest BCUT2D eigenvalue weighted by Gasteiger charge is 2.27. The van der Waals surface area contributed by atoms with Crippen LogP contribution >= 0.6 is 0 Å². The third kappa shape index (κ3) is 6.39. The van der Waals surface area contributed by atoms with Crippen LogP contribution in [0.25, 0.3) is 0 Å². The quantitative estimate of drug-likeness (QED) is 0.735. The zero-order valence-electron chi connectivity index (χ0n) is 17.9. The highest BCUT2D eigenvalue weighted by Crippen LogP contribution is 2.22. The molecule has 1 aliphatic rings. The van der Waals surface area contributed by atoms with Gasteiger partial charge < -0.3 is 5.32 Å². The summed E-state index contributed by atoms with van der Waals surface area (Å²) in [4.78, 5) is 15.3. The number of benzene rings is 2. The number of hydrogen-bond donors (Lipinski definition) is 2. The van der Waals surface area contributed by atoms with Gasteiger partial charge in [0.15, 0.2) is 0 Å². The van der Waals surface area contributed by atoms with E-state index in [1.54, 1.807) is 32.9 Å². The number of anilines is 1. The van der Waals surface area contributed by atoms with E-state index in [0.717, 1.165) is 25.9 Å². The van der Waals surface area contributed by atoms with Crippen LogP contribution in [-0.2, 0) is 21.4 Å². The van der Waals surface area contributed by atoms with Crippen LogP contribution in [0.2, 0.25) is 0 Å². The molecule has 0 saturated carbocycles. The van der Waals surface area contributed by atoms with Crippen molar-refractivity contribution in [3.05, 3.63) is 60.2 Å². The maximum atomic E-state index is 12.9. The van der Waals surface area contributed by atoms with Crippen molar-refractivity contribution in [2.75, 3.05) is 18.4 Å². The first-order valence-corrected chi connectivity index (χ1v) is 11.8. The fourth-order valence-corrected chi connectivity index (χ4v) is 5.17. The lowest BCUT2D eigenvalue weighted by atomic mass is 9.96. The Bertz CT molecular complexity index is 969. The van der Waals surface area contributed by atoms with Crippen LogP contribution in [0.4, 0.5) is 5.69 Å². The molecule has 0 aromatic heterocycles. The van der Waals surface area contributed by atoms with Gasteiger partial charge in [-0.25, -0.2) is 13.1 Å². The molecule has 1 atom stereocenters. The monoisotopic (exact) mass is 429 g/mol. The number of carbonyl (C=O) groups excluding carboxylic acids is 1.